The van der Waals surface area contributed by atoms with Crippen molar-refractivity contribution in [2.24, 2.45) is 10.9 Å². The number of halogens is 1. The van der Waals surface area contributed by atoms with Crippen LogP contribution in [0.1, 0.15) is 23.4 Å². The van der Waals surface area contributed by atoms with Crippen LogP contribution in [0.3, 0.4) is 0 Å². The van der Waals surface area contributed by atoms with E-state index in [4.69, 9.17) is 9.47 Å². The molecule has 1 aliphatic heterocycles. The van der Waals surface area contributed by atoms with Gasteiger partial charge in [-0.3, -0.25) is 4.99 Å². The van der Waals surface area contributed by atoms with Gasteiger partial charge < -0.3 is 25.1 Å². The summed E-state index contributed by atoms with van der Waals surface area (Å²) in [5.74, 6) is 2.95. The second kappa shape index (κ2) is 12.6. The first-order valence-corrected chi connectivity index (χ1v) is 11.0. The van der Waals surface area contributed by atoms with Crippen LogP contribution in [-0.2, 0) is 17.8 Å². The molecule has 0 amide bonds. The molecule has 1 aromatic heterocycles. The van der Waals surface area contributed by atoms with Crippen LogP contribution in [0.25, 0.3) is 11.3 Å². The van der Waals surface area contributed by atoms with Gasteiger partial charge in [0, 0.05) is 31.7 Å². The van der Waals surface area contributed by atoms with E-state index in [1.807, 2.05) is 24.4 Å². The van der Waals surface area contributed by atoms with Gasteiger partial charge in [-0.1, -0.05) is 42.5 Å². The molecule has 1 saturated heterocycles. The summed E-state index contributed by atoms with van der Waals surface area (Å²) in [7, 11) is 1.76. The number of aliphatic imine (C=N–C) groups is 1. The van der Waals surface area contributed by atoms with Crippen LogP contribution in [-0.4, -0.2) is 42.8 Å². The van der Waals surface area contributed by atoms with E-state index in [1.54, 1.807) is 7.05 Å². The molecule has 1 atom stereocenters. The molecule has 2 heterocycles. The normalized spacial score (nSPS) is 15.7. The summed E-state index contributed by atoms with van der Waals surface area (Å²) in [6.07, 6.45) is 2.92. The number of hydrogen-bond acceptors (Lipinski definition) is 4. The molecule has 33 heavy (non-hydrogen) atoms. The number of aryl methyl sites for hydroxylation is 1. The van der Waals surface area contributed by atoms with Gasteiger partial charge in [-0.2, -0.15) is 0 Å². The lowest BCUT2D eigenvalue weighted by molar-refractivity contribution is 0.166. The number of rotatable bonds is 8. The zero-order chi connectivity index (χ0) is 22.2. The van der Waals surface area contributed by atoms with Crippen LogP contribution in [0, 0.1) is 12.8 Å². The van der Waals surface area contributed by atoms with Gasteiger partial charge in [-0.05, 0) is 30.5 Å². The molecule has 3 aromatic rings. The zero-order valence-corrected chi connectivity index (χ0v) is 21.5. The maximum Gasteiger partial charge on any atom is 0.191 e. The fraction of sp³-hybridized carbons (Fsp3) is 0.360. The Balaban J connectivity index is 0.00000306. The number of hydrogen-bond donors (Lipinski definition) is 3. The first-order valence-electron chi connectivity index (χ1n) is 11.0. The Kier molecular flexibility index (Phi) is 9.56. The minimum Gasteiger partial charge on any atom is -0.493 e. The van der Waals surface area contributed by atoms with E-state index in [0.29, 0.717) is 31.6 Å². The number of aromatic nitrogens is 2. The van der Waals surface area contributed by atoms with Crippen LogP contribution >= 0.6 is 24.0 Å². The highest BCUT2D eigenvalue weighted by atomic mass is 127. The van der Waals surface area contributed by atoms with E-state index in [-0.39, 0.29) is 24.0 Å². The molecule has 7 nitrogen and oxygen atoms in total. The molecule has 0 radical (unpaired) electrons. The van der Waals surface area contributed by atoms with Crippen molar-refractivity contribution >= 4 is 29.9 Å². The summed E-state index contributed by atoms with van der Waals surface area (Å²) in [5.41, 5.74) is 4.40. The van der Waals surface area contributed by atoms with Gasteiger partial charge in [0.05, 0.1) is 31.6 Å². The molecular weight excluding hydrogens is 529 g/mol. The van der Waals surface area contributed by atoms with Crippen molar-refractivity contribution in [3.05, 3.63) is 71.7 Å². The third-order valence-corrected chi connectivity index (χ3v) is 5.53. The Morgan fingerprint density at radius 1 is 1.18 bits per heavy atom. The Hall–Kier alpha value is -2.59. The second-order valence-electron chi connectivity index (χ2n) is 8.04. The number of benzene rings is 2. The highest BCUT2D eigenvalue weighted by molar-refractivity contribution is 14.0. The van der Waals surface area contributed by atoms with Crippen molar-refractivity contribution in [2.75, 3.05) is 26.9 Å². The average Bonchev–Trinajstić information content (AvgIpc) is 3.52. The lowest BCUT2D eigenvalue weighted by atomic mass is 10.1. The lowest BCUT2D eigenvalue weighted by Crippen LogP contribution is -2.36. The zero-order valence-electron chi connectivity index (χ0n) is 19.1. The van der Waals surface area contributed by atoms with Gasteiger partial charge in [0.2, 0.25) is 0 Å². The topological polar surface area (TPSA) is 83.6 Å². The van der Waals surface area contributed by atoms with E-state index < -0.39 is 0 Å². The number of aromatic amines is 1. The fourth-order valence-corrected chi connectivity index (χ4v) is 3.65. The summed E-state index contributed by atoms with van der Waals surface area (Å²) in [6, 6.07) is 16.5. The molecule has 1 aliphatic rings. The number of guanidine groups is 1. The quantitative estimate of drug-likeness (QED) is 0.217. The van der Waals surface area contributed by atoms with Gasteiger partial charge in [-0.25, -0.2) is 4.98 Å². The minimum absolute atomic E-state index is 0. The smallest absolute Gasteiger partial charge is 0.191 e. The van der Waals surface area contributed by atoms with Gasteiger partial charge >= 0.3 is 0 Å². The highest BCUT2D eigenvalue weighted by Crippen LogP contribution is 2.22. The number of imidazole rings is 1. The number of ether oxygens (including phenoxy) is 2. The molecule has 0 bridgehead atoms. The monoisotopic (exact) mass is 561 g/mol. The van der Waals surface area contributed by atoms with Crippen molar-refractivity contribution in [1.82, 2.24) is 20.6 Å². The molecule has 3 N–H and O–H groups in total. The van der Waals surface area contributed by atoms with Crippen LogP contribution < -0.4 is 15.4 Å². The molecule has 176 valence electrons. The first kappa shape index (κ1) is 25.0. The molecule has 0 aliphatic carbocycles. The Morgan fingerprint density at radius 3 is 2.76 bits per heavy atom. The number of nitrogens with zero attached hydrogens (tertiary/aromatic N) is 2. The summed E-state index contributed by atoms with van der Waals surface area (Å²) in [5, 5.41) is 6.69. The standard InChI is InChI=1S/C25H31N5O2.HI/c1-18-8-9-21(23(12-18)32-17-19-10-11-31-16-19)13-28-25(26-2)29-15-24-27-14-22(30-24)20-6-4-3-5-7-20;/h3-9,12,14,19H,10-11,13,15-17H2,1-2H3,(H,27,30)(H2,26,28,29);1H. The van der Waals surface area contributed by atoms with Crippen LogP contribution in [0.4, 0.5) is 0 Å². The predicted octanol–water partition coefficient (Wildman–Crippen LogP) is 4.28. The van der Waals surface area contributed by atoms with Crippen molar-refractivity contribution in [1.29, 1.82) is 0 Å². The van der Waals surface area contributed by atoms with Gasteiger partial charge in [0.1, 0.15) is 11.6 Å². The van der Waals surface area contributed by atoms with E-state index >= 15 is 0 Å². The summed E-state index contributed by atoms with van der Waals surface area (Å²) in [4.78, 5) is 12.2. The third kappa shape index (κ3) is 7.20. The summed E-state index contributed by atoms with van der Waals surface area (Å²) in [6.45, 7) is 5.55. The van der Waals surface area contributed by atoms with E-state index in [1.165, 1.54) is 5.56 Å². The fourth-order valence-electron chi connectivity index (χ4n) is 3.65. The van der Waals surface area contributed by atoms with E-state index in [9.17, 15) is 0 Å². The average molecular weight is 561 g/mol. The van der Waals surface area contributed by atoms with Crippen molar-refractivity contribution in [3.63, 3.8) is 0 Å². The maximum absolute atomic E-state index is 6.15. The van der Waals surface area contributed by atoms with E-state index in [2.05, 4.69) is 62.8 Å². The molecule has 4 rings (SSSR count). The van der Waals surface area contributed by atoms with Crippen molar-refractivity contribution in [3.8, 4) is 17.0 Å². The van der Waals surface area contributed by atoms with Gasteiger partial charge in [-0.15, -0.1) is 24.0 Å². The molecule has 0 spiro atoms. The molecular formula is C25H32IN5O2. The molecule has 8 heteroatoms. The first-order chi connectivity index (χ1) is 15.7. The minimum atomic E-state index is 0. The van der Waals surface area contributed by atoms with Crippen molar-refractivity contribution in [2.45, 2.75) is 26.4 Å². The largest absolute Gasteiger partial charge is 0.493 e. The highest BCUT2D eigenvalue weighted by Gasteiger charge is 2.17. The number of nitrogens with one attached hydrogen (secondary N) is 3. The second-order valence-corrected chi connectivity index (χ2v) is 8.04. The Bertz CT molecular complexity index is 1030. The molecule has 2 aromatic carbocycles. The van der Waals surface area contributed by atoms with Crippen LogP contribution in [0.5, 0.6) is 5.75 Å². The third-order valence-electron chi connectivity index (χ3n) is 5.53. The predicted molar refractivity (Wildman–Crippen MR) is 142 cm³/mol. The van der Waals surface area contributed by atoms with Gasteiger partial charge in [0.15, 0.2) is 5.96 Å². The maximum atomic E-state index is 6.15. The molecule has 1 unspecified atom stereocenters. The summed E-state index contributed by atoms with van der Waals surface area (Å²) < 4.78 is 11.6. The van der Waals surface area contributed by atoms with Crippen LogP contribution in [0.15, 0.2) is 59.7 Å². The number of H-pyrrole nitrogens is 1. The van der Waals surface area contributed by atoms with Crippen LogP contribution in [0.2, 0.25) is 0 Å². The Morgan fingerprint density at radius 2 is 2.00 bits per heavy atom. The SMILES string of the molecule is CN=C(NCc1ncc(-c2ccccc2)[nH]1)NCc1ccc(C)cc1OCC1CCOC1.I. The summed E-state index contributed by atoms with van der Waals surface area (Å²) >= 11 is 0. The van der Waals surface area contributed by atoms with Gasteiger partial charge in [0.25, 0.3) is 0 Å². The molecule has 1 fully saturated rings. The lowest BCUT2D eigenvalue weighted by Gasteiger charge is -2.16. The molecule has 0 saturated carbocycles. The van der Waals surface area contributed by atoms with E-state index in [0.717, 1.165) is 48.0 Å². The van der Waals surface area contributed by atoms with Crippen molar-refractivity contribution < 1.29 is 9.47 Å². The Labute approximate surface area is 212 Å².